The molecule has 0 aromatic carbocycles. The molecular weight excluding hydrogens is 205 g/mol. The maximum atomic E-state index is 12.2. The number of aromatic nitrogens is 2. The zero-order valence-electron chi connectivity index (χ0n) is 6.82. The van der Waals surface area contributed by atoms with E-state index in [1.807, 2.05) is 0 Å². The molecule has 0 spiro atoms. The molecule has 1 aromatic heterocycles. The lowest BCUT2D eigenvalue weighted by atomic mass is 10.3. The van der Waals surface area contributed by atoms with Gasteiger partial charge in [-0.3, -0.25) is 4.68 Å². The summed E-state index contributed by atoms with van der Waals surface area (Å²) < 4.78 is 37.7. The third-order valence-corrected chi connectivity index (χ3v) is 2.07. The summed E-state index contributed by atoms with van der Waals surface area (Å²) in [7, 11) is 0. The Morgan fingerprint density at radius 2 is 2.08 bits per heavy atom. The van der Waals surface area contributed by atoms with Crippen LogP contribution in [0.2, 0.25) is 5.02 Å². The first kappa shape index (κ1) is 10.4. The number of hydrogen-bond acceptors (Lipinski definition) is 1. The van der Waals surface area contributed by atoms with E-state index in [4.69, 9.17) is 11.6 Å². The van der Waals surface area contributed by atoms with Crippen molar-refractivity contribution in [1.29, 1.82) is 0 Å². The fourth-order valence-electron chi connectivity index (χ4n) is 0.923. The van der Waals surface area contributed by atoms with Crippen molar-refractivity contribution in [2.75, 3.05) is 0 Å². The summed E-state index contributed by atoms with van der Waals surface area (Å²) in [5.41, 5.74) is -0.765. The van der Waals surface area contributed by atoms with E-state index < -0.39 is 11.9 Å². The molecule has 13 heavy (non-hydrogen) atoms. The Hall–Kier alpha value is -0.710. The van der Waals surface area contributed by atoms with Gasteiger partial charge in [0.2, 0.25) is 0 Å². The largest absolute Gasteiger partial charge is 0.436 e. The summed E-state index contributed by atoms with van der Waals surface area (Å²) in [4.78, 5) is 0. The van der Waals surface area contributed by atoms with Crippen molar-refractivity contribution in [2.45, 2.75) is 19.6 Å². The topological polar surface area (TPSA) is 17.8 Å². The first-order chi connectivity index (χ1) is 5.88. The van der Waals surface area contributed by atoms with Crippen molar-refractivity contribution in [2.24, 2.45) is 0 Å². The normalized spacial score (nSPS) is 12.2. The standard InChI is InChI=1S/C7H7ClF3N2/c1-3-13-4(2)5(8)6(12-13)7(9,10)11/h1,3H2,2H3. The van der Waals surface area contributed by atoms with E-state index in [0.29, 0.717) is 0 Å². The van der Waals surface area contributed by atoms with Gasteiger partial charge in [0.25, 0.3) is 0 Å². The van der Waals surface area contributed by atoms with Gasteiger partial charge < -0.3 is 0 Å². The second-order valence-electron chi connectivity index (χ2n) is 2.47. The van der Waals surface area contributed by atoms with Crippen LogP contribution in [0.25, 0.3) is 0 Å². The second kappa shape index (κ2) is 3.21. The third-order valence-electron chi connectivity index (χ3n) is 1.61. The van der Waals surface area contributed by atoms with E-state index in [9.17, 15) is 13.2 Å². The van der Waals surface area contributed by atoms with E-state index in [1.165, 1.54) is 6.92 Å². The molecule has 1 aromatic rings. The number of nitrogens with zero attached hydrogens (tertiary/aromatic N) is 2. The molecule has 1 heterocycles. The molecule has 0 fully saturated rings. The quantitative estimate of drug-likeness (QED) is 0.698. The van der Waals surface area contributed by atoms with E-state index in [-0.39, 0.29) is 17.3 Å². The lowest BCUT2D eigenvalue weighted by molar-refractivity contribution is -0.141. The highest BCUT2D eigenvalue weighted by Crippen LogP contribution is 2.35. The van der Waals surface area contributed by atoms with E-state index in [0.717, 1.165) is 4.68 Å². The van der Waals surface area contributed by atoms with Crippen LogP contribution in [0.15, 0.2) is 0 Å². The van der Waals surface area contributed by atoms with E-state index >= 15 is 0 Å². The Morgan fingerprint density at radius 3 is 2.31 bits per heavy atom. The van der Waals surface area contributed by atoms with Gasteiger partial charge in [-0.2, -0.15) is 18.3 Å². The predicted octanol–water partition coefficient (Wildman–Crippen LogP) is 2.70. The van der Waals surface area contributed by atoms with Gasteiger partial charge in [0, 0.05) is 6.54 Å². The number of alkyl halides is 3. The molecular formula is C7H7ClF3N2. The highest BCUT2D eigenvalue weighted by molar-refractivity contribution is 6.31. The fraction of sp³-hybridized carbons (Fsp3) is 0.429. The highest BCUT2D eigenvalue weighted by atomic mass is 35.5. The van der Waals surface area contributed by atoms with Crippen LogP contribution in [0.5, 0.6) is 0 Å². The summed E-state index contributed by atoms with van der Waals surface area (Å²) in [5.74, 6) is 0. The van der Waals surface area contributed by atoms with Crippen molar-refractivity contribution in [3.8, 4) is 0 Å². The Morgan fingerprint density at radius 1 is 1.54 bits per heavy atom. The molecule has 2 nitrogen and oxygen atoms in total. The summed E-state index contributed by atoms with van der Waals surface area (Å²) in [6, 6.07) is 0. The van der Waals surface area contributed by atoms with Gasteiger partial charge in [0.05, 0.1) is 10.7 Å². The van der Waals surface area contributed by atoms with E-state index in [1.54, 1.807) is 0 Å². The van der Waals surface area contributed by atoms with Crippen LogP contribution in [-0.4, -0.2) is 9.78 Å². The zero-order valence-corrected chi connectivity index (χ0v) is 7.58. The van der Waals surface area contributed by atoms with Crippen LogP contribution in [0.3, 0.4) is 0 Å². The van der Waals surface area contributed by atoms with Gasteiger partial charge in [-0.15, -0.1) is 0 Å². The maximum absolute atomic E-state index is 12.2. The van der Waals surface area contributed by atoms with Gasteiger partial charge in [0.1, 0.15) is 0 Å². The summed E-state index contributed by atoms with van der Waals surface area (Å²) >= 11 is 5.45. The van der Waals surface area contributed by atoms with Crippen LogP contribution in [0.4, 0.5) is 13.2 Å². The van der Waals surface area contributed by atoms with Gasteiger partial charge >= 0.3 is 6.18 Å². The number of hydrogen-bond donors (Lipinski definition) is 0. The number of halogens is 4. The molecule has 0 saturated carbocycles. The molecule has 1 radical (unpaired) electrons. The smallest absolute Gasteiger partial charge is 0.268 e. The summed E-state index contributed by atoms with van der Waals surface area (Å²) in [5, 5.41) is 2.95. The van der Waals surface area contributed by atoms with Crippen molar-refractivity contribution in [1.82, 2.24) is 9.78 Å². The molecule has 6 heteroatoms. The molecule has 0 N–H and O–H groups in total. The predicted molar refractivity (Wildman–Crippen MR) is 42.3 cm³/mol. The van der Waals surface area contributed by atoms with Crippen molar-refractivity contribution >= 4 is 11.6 Å². The Balaban J connectivity index is 3.25. The molecule has 0 aliphatic heterocycles. The van der Waals surface area contributed by atoms with Crippen LogP contribution in [-0.2, 0) is 12.7 Å². The monoisotopic (exact) mass is 211 g/mol. The Bertz CT molecular complexity index is 316. The summed E-state index contributed by atoms with van der Waals surface area (Å²) in [6.07, 6.45) is -4.50. The van der Waals surface area contributed by atoms with Crippen LogP contribution < -0.4 is 0 Å². The molecule has 1 rings (SSSR count). The van der Waals surface area contributed by atoms with E-state index in [2.05, 4.69) is 12.0 Å². The van der Waals surface area contributed by atoms with Crippen molar-refractivity contribution < 1.29 is 13.2 Å². The van der Waals surface area contributed by atoms with Crippen LogP contribution in [0, 0.1) is 13.8 Å². The molecule has 0 aliphatic carbocycles. The van der Waals surface area contributed by atoms with Gasteiger partial charge in [-0.05, 0) is 13.8 Å². The second-order valence-corrected chi connectivity index (χ2v) is 2.85. The average molecular weight is 212 g/mol. The Kier molecular flexibility index (Phi) is 2.56. The molecule has 73 valence electrons. The SMILES string of the molecule is [CH2]Cn1nc(C(F)(F)F)c(Cl)c1C. The van der Waals surface area contributed by atoms with Gasteiger partial charge in [-0.25, -0.2) is 0 Å². The van der Waals surface area contributed by atoms with Gasteiger partial charge in [0.15, 0.2) is 5.69 Å². The molecule has 0 saturated heterocycles. The maximum Gasteiger partial charge on any atom is 0.436 e. The zero-order chi connectivity index (χ0) is 10.2. The average Bonchev–Trinajstić information content (AvgIpc) is 2.28. The van der Waals surface area contributed by atoms with Crippen molar-refractivity contribution in [3.63, 3.8) is 0 Å². The molecule has 0 atom stereocenters. The first-order valence-corrected chi connectivity index (χ1v) is 3.85. The minimum absolute atomic E-state index is 0.127. The lowest BCUT2D eigenvalue weighted by Crippen LogP contribution is -2.08. The minimum atomic E-state index is -4.50. The lowest BCUT2D eigenvalue weighted by Gasteiger charge is -2.01. The molecule has 0 bridgehead atoms. The number of rotatable bonds is 1. The first-order valence-electron chi connectivity index (χ1n) is 3.47. The van der Waals surface area contributed by atoms with Crippen molar-refractivity contribution in [3.05, 3.63) is 23.3 Å². The minimum Gasteiger partial charge on any atom is -0.268 e. The third kappa shape index (κ3) is 1.80. The molecule has 0 unspecified atom stereocenters. The fourth-order valence-corrected chi connectivity index (χ4v) is 1.17. The molecule has 0 amide bonds. The highest BCUT2D eigenvalue weighted by Gasteiger charge is 2.37. The Labute approximate surface area is 78.3 Å². The van der Waals surface area contributed by atoms with Crippen LogP contribution >= 0.6 is 11.6 Å². The summed E-state index contributed by atoms with van der Waals surface area (Å²) in [6.45, 7) is 5.02. The molecule has 0 aliphatic rings. The van der Waals surface area contributed by atoms with Gasteiger partial charge in [-0.1, -0.05) is 11.6 Å². The van der Waals surface area contributed by atoms with Crippen LogP contribution in [0.1, 0.15) is 11.4 Å².